The van der Waals surface area contributed by atoms with Gasteiger partial charge in [-0.2, -0.15) is 0 Å². The first-order chi connectivity index (χ1) is 9.83. The molecule has 0 atom stereocenters. The standard InChI is InChI=1S/C12H14BrN5O2S/c1-7-3-4-10(8(2)16-7)18-21(19,20)11-5-9(13)6-15-12(11)17-14/h3-6,18H,14H2,1-2H3,(H,15,17). The molecule has 21 heavy (non-hydrogen) atoms. The largest absolute Gasteiger partial charge is 0.307 e. The highest BCUT2D eigenvalue weighted by Crippen LogP contribution is 2.25. The summed E-state index contributed by atoms with van der Waals surface area (Å²) in [6.07, 6.45) is 1.45. The molecule has 0 aliphatic heterocycles. The second-order valence-corrected chi connectivity index (χ2v) is 6.90. The number of halogens is 1. The number of pyridine rings is 2. The van der Waals surface area contributed by atoms with Crippen LogP contribution in [0, 0.1) is 13.8 Å². The van der Waals surface area contributed by atoms with Crippen molar-refractivity contribution in [3.63, 3.8) is 0 Å². The van der Waals surface area contributed by atoms with Gasteiger partial charge in [0, 0.05) is 16.4 Å². The van der Waals surface area contributed by atoms with E-state index in [9.17, 15) is 8.42 Å². The van der Waals surface area contributed by atoms with Crippen molar-refractivity contribution in [2.45, 2.75) is 18.7 Å². The van der Waals surface area contributed by atoms with Crippen molar-refractivity contribution in [3.8, 4) is 0 Å². The minimum absolute atomic E-state index is 0.0562. The third-order valence-electron chi connectivity index (χ3n) is 2.71. The number of aromatic nitrogens is 2. The normalized spacial score (nSPS) is 11.2. The lowest BCUT2D eigenvalue weighted by Gasteiger charge is -2.13. The smallest absolute Gasteiger partial charge is 0.265 e. The fourth-order valence-electron chi connectivity index (χ4n) is 1.73. The van der Waals surface area contributed by atoms with E-state index in [0.717, 1.165) is 5.69 Å². The van der Waals surface area contributed by atoms with E-state index in [1.54, 1.807) is 19.1 Å². The minimum Gasteiger partial charge on any atom is -0.307 e. The number of nitrogens with two attached hydrogens (primary N) is 1. The number of anilines is 2. The lowest BCUT2D eigenvalue weighted by molar-refractivity contribution is 0.601. The summed E-state index contributed by atoms with van der Waals surface area (Å²) < 4.78 is 28.0. The molecule has 0 fully saturated rings. The number of sulfonamides is 1. The van der Waals surface area contributed by atoms with Gasteiger partial charge in [0.15, 0.2) is 5.82 Å². The molecule has 0 saturated carbocycles. The maximum absolute atomic E-state index is 12.5. The molecule has 9 heteroatoms. The summed E-state index contributed by atoms with van der Waals surface area (Å²) in [4.78, 5) is 8.09. The molecule has 112 valence electrons. The van der Waals surface area contributed by atoms with Crippen LogP contribution >= 0.6 is 15.9 Å². The highest BCUT2D eigenvalue weighted by molar-refractivity contribution is 9.10. The SMILES string of the molecule is Cc1ccc(NS(=O)(=O)c2cc(Br)cnc2NN)c(C)n1. The summed E-state index contributed by atoms with van der Waals surface area (Å²) in [5.41, 5.74) is 4.07. The Balaban J connectivity index is 2.45. The van der Waals surface area contributed by atoms with Crippen molar-refractivity contribution in [3.05, 3.63) is 40.3 Å². The summed E-state index contributed by atoms with van der Waals surface area (Å²) >= 11 is 3.19. The fourth-order valence-corrected chi connectivity index (χ4v) is 3.47. The van der Waals surface area contributed by atoms with Crippen molar-refractivity contribution < 1.29 is 8.42 Å². The zero-order valence-corrected chi connectivity index (χ0v) is 13.8. The lowest BCUT2D eigenvalue weighted by atomic mass is 10.3. The van der Waals surface area contributed by atoms with E-state index in [0.29, 0.717) is 15.9 Å². The van der Waals surface area contributed by atoms with E-state index in [4.69, 9.17) is 5.84 Å². The number of hydrogen-bond donors (Lipinski definition) is 3. The summed E-state index contributed by atoms with van der Waals surface area (Å²) in [7, 11) is -3.84. The molecule has 0 spiro atoms. The van der Waals surface area contributed by atoms with E-state index in [1.807, 2.05) is 6.92 Å². The second kappa shape index (κ2) is 5.96. The molecule has 2 rings (SSSR count). The molecular weight excluding hydrogens is 358 g/mol. The van der Waals surface area contributed by atoms with Gasteiger partial charge in [0.2, 0.25) is 0 Å². The molecule has 0 aliphatic carbocycles. The van der Waals surface area contributed by atoms with Crippen molar-refractivity contribution >= 4 is 37.5 Å². The molecule has 0 radical (unpaired) electrons. The molecule has 2 aromatic heterocycles. The molecule has 4 N–H and O–H groups in total. The third-order valence-corrected chi connectivity index (χ3v) is 4.53. The van der Waals surface area contributed by atoms with Crippen LogP contribution in [0.4, 0.5) is 11.5 Å². The quantitative estimate of drug-likeness (QED) is 0.559. The van der Waals surface area contributed by atoms with Crippen LogP contribution in [-0.4, -0.2) is 18.4 Å². The molecular formula is C12H14BrN5O2S. The summed E-state index contributed by atoms with van der Waals surface area (Å²) in [5.74, 6) is 5.37. The third kappa shape index (κ3) is 3.49. The molecule has 0 bridgehead atoms. The Kier molecular flexibility index (Phi) is 4.45. The number of nitrogens with zero attached hydrogens (tertiary/aromatic N) is 2. The Morgan fingerprint density at radius 3 is 2.62 bits per heavy atom. The molecule has 0 saturated heterocycles. The molecule has 0 unspecified atom stereocenters. The van der Waals surface area contributed by atoms with E-state index in [1.165, 1.54) is 12.3 Å². The Hall–Kier alpha value is -1.71. The summed E-state index contributed by atoms with van der Waals surface area (Å²) in [6, 6.07) is 4.81. The number of hydrogen-bond acceptors (Lipinski definition) is 6. The highest BCUT2D eigenvalue weighted by Gasteiger charge is 2.21. The zero-order valence-electron chi connectivity index (χ0n) is 11.4. The van der Waals surface area contributed by atoms with Gasteiger partial charge >= 0.3 is 0 Å². The zero-order chi connectivity index (χ0) is 15.6. The Morgan fingerprint density at radius 1 is 1.29 bits per heavy atom. The van der Waals surface area contributed by atoms with Gasteiger partial charge in [-0.1, -0.05) is 0 Å². The average molecular weight is 372 g/mol. The Labute approximate surface area is 131 Å². The lowest BCUT2D eigenvalue weighted by Crippen LogP contribution is -2.19. The van der Waals surface area contributed by atoms with Crippen LogP contribution in [-0.2, 0) is 10.0 Å². The van der Waals surface area contributed by atoms with Gasteiger partial charge in [0.1, 0.15) is 4.90 Å². The van der Waals surface area contributed by atoms with Crippen molar-refractivity contribution in [2.75, 3.05) is 10.1 Å². The predicted molar refractivity (Wildman–Crippen MR) is 84.3 cm³/mol. The van der Waals surface area contributed by atoms with Crippen LogP contribution in [0.1, 0.15) is 11.4 Å². The van der Waals surface area contributed by atoms with Crippen LogP contribution in [0.2, 0.25) is 0 Å². The minimum atomic E-state index is -3.84. The molecule has 0 aliphatic rings. The van der Waals surface area contributed by atoms with Crippen LogP contribution in [0.25, 0.3) is 0 Å². The Morgan fingerprint density at radius 2 is 2.00 bits per heavy atom. The van der Waals surface area contributed by atoms with Crippen molar-refractivity contribution in [1.29, 1.82) is 0 Å². The van der Waals surface area contributed by atoms with Crippen LogP contribution in [0.15, 0.2) is 33.8 Å². The number of aryl methyl sites for hydroxylation is 2. The first-order valence-corrected chi connectivity index (χ1v) is 8.20. The molecule has 2 aromatic rings. The monoisotopic (exact) mass is 371 g/mol. The fraction of sp³-hybridized carbons (Fsp3) is 0.167. The molecule has 0 aromatic carbocycles. The van der Waals surface area contributed by atoms with Crippen molar-refractivity contribution in [2.24, 2.45) is 5.84 Å². The number of nitrogens with one attached hydrogen (secondary N) is 2. The summed E-state index contributed by atoms with van der Waals surface area (Å²) in [5, 5.41) is 0. The molecule has 7 nitrogen and oxygen atoms in total. The number of nitrogen functional groups attached to an aromatic ring is 1. The van der Waals surface area contributed by atoms with Gasteiger partial charge in [0.05, 0.1) is 11.4 Å². The Bertz CT molecular complexity index is 779. The van der Waals surface area contributed by atoms with E-state index in [-0.39, 0.29) is 10.7 Å². The van der Waals surface area contributed by atoms with Crippen molar-refractivity contribution in [1.82, 2.24) is 9.97 Å². The van der Waals surface area contributed by atoms with E-state index >= 15 is 0 Å². The summed E-state index contributed by atoms with van der Waals surface area (Å²) in [6.45, 7) is 3.56. The van der Waals surface area contributed by atoms with E-state index < -0.39 is 10.0 Å². The van der Waals surface area contributed by atoms with Gasteiger partial charge in [-0.15, -0.1) is 0 Å². The van der Waals surface area contributed by atoms with Gasteiger partial charge in [-0.05, 0) is 48.0 Å². The van der Waals surface area contributed by atoms with Crippen LogP contribution in [0.3, 0.4) is 0 Å². The topological polar surface area (TPSA) is 110 Å². The van der Waals surface area contributed by atoms with Gasteiger partial charge in [-0.3, -0.25) is 9.71 Å². The highest BCUT2D eigenvalue weighted by atomic mass is 79.9. The predicted octanol–water partition coefficient (Wildman–Crippen LogP) is 1.94. The number of hydrazine groups is 1. The molecule has 2 heterocycles. The first-order valence-electron chi connectivity index (χ1n) is 5.92. The molecule has 0 amide bonds. The maximum atomic E-state index is 12.5. The maximum Gasteiger partial charge on any atom is 0.265 e. The van der Waals surface area contributed by atoms with Gasteiger partial charge in [0.25, 0.3) is 10.0 Å². The first kappa shape index (κ1) is 15.7. The second-order valence-electron chi connectivity index (χ2n) is 4.34. The number of rotatable bonds is 4. The van der Waals surface area contributed by atoms with E-state index in [2.05, 4.69) is 36.0 Å². The average Bonchev–Trinajstić information content (AvgIpc) is 2.42. The van der Waals surface area contributed by atoms with Gasteiger partial charge in [-0.25, -0.2) is 19.2 Å². The van der Waals surface area contributed by atoms with Gasteiger partial charge < -0.3 is 5.43 Å². The van der Waals surface area contributed by atoms with Crippen LogP contribution in [0.5, 0.6) is 0 Å². The van der Waals surface area contributed by atoms with Crippen LogP contribution < -0.4 is 16.0 Å².